The Morgan fingerprint density at radius 2 is 1.88 bits per heavy atom. The van der Waals surface area contributed by atoms with Crippen LogP contribution >= 0.6 is 0 Å². The number of carbonyl (C=O) groups excluding carboxylic acids is 1. The minimum atomic E-state index is -0.422. The van der Waals surface area contributed by atoms with Crippen molar-refractivity contribution in [1.29, 1.82) is 0 Å². The summed E-state index contributed by atoms with van der Waals surface area (Å²) in [4.78, 5) is 12.5. The Labute approximate surface area is 104 Å². The lowest BCUT2D eigenvalue weighted by atomic mass is 10.2. The van der Waals surface area contributed by atoms with Gasteiger partial charge in [0.05, 0.1) is 0 Å². The number of carbonyl (C=O) groups is 1. The maximum absolute atomic E-state index is 10.3. The van der Waals surface area contributed by atoms with E-state index in [1.807, 2.05) is 30.3 Å². The molecule has 0 spiro atoms. The highest BCUT2D eigenvalue weighted by Crippen LogP contribution is 1.99. The van der Waals surface area contributed by atoms with Gasteiger partial charge in [-0.25, -0.2) is 0 Å². The van der Waals surface area contributed by atoms with Gasteiger partial charge in [0.15, 0.2) is 0 Å². The van der Waals surface area contributed by atoms with Gasteiger partial charge in [-0.15, -0.1) is 0 Å². The lowest BCUT2D eigenvalue weighted by Crippen LogP contribution is -2.11. The van der Waals surface area contributed by atoms with E-state index in [9.17, 15) is 4.79 Å². The van der Waals surface area contributed by atoms with Gasteiger partial charge in [-0.1, -0.05) is 37.3 Å². The van der Waals surface area contributed by atoms with E-state index in [4.69, 9.17) is 5.73 Å². The van der Waals surface area contributed by atoms with Gasteiger partial charge in [-0.2, -0.15) is 0 Å². The van der Waals surface area contributed by atoms with Crippen LogP contribution in [0.15, 0.2) is 36.4 Å². The third kappa shape index (κ3) is 10.7. The van der Waals surface area contributed by atoms with Crippen LogP contribution in [0.5, 0.6) is 0 Å². The van der Waals surface area contributed by atoms with Crippen molar-refractivity contribution in [3.05, 3.63) is 42.0 Å². The van der Waals surface area contributed by atoms with Crippen LogP contribution in [0.1, 0.15) is 18.9 Å². The van der Waals surface area contributed by atoms with E-state index >= 15 is 0 Å². The second kappa shape index (κ2) is 9.60. The number of primary amides is 1. The molecule has 3 heteroatoms. The Morgan fingerprint density at radius 1 is 1.29 bits per heavy atom. The van der Waals surface area contributed by atoms with Crippen LogP contribution in [0.3, 0.4) is 0 Å². The lowest BCUT2D eigenvalue weighted by Gasteiger charge is -2.03. The third-order valence-electron chi connectivity index (χ3n) is 1.91. The first kappa shape index (κ1) is 15.4. The first-order valence-corrected chi connectivity index (χ1v) is 5.73. The summed E-state index contributed by atoms with van der Waals surface area (Å²) in [6.07, 6.45) is 4.28. The molecule has 0 aliphatic carbocycles. The van der Waals surface area contributed by atoms with E-state index < -0.39 is 5.91 Å². The molecule has 0 unspecified atom stereocenters. The fourth-order valence-corrected chi connectivity index (χ4v) is 1.19. The summed E-state index contributed by atoms with van der Waals surface area (Å²) in [5, 5.41) is 0. The number of hydrogen-bond donors (Lipinski definition) is 1. The van der Waals surface area contributed by atoms with E-state index in [0.717, 1.165) is 5.56 Å². The van der Waals surface area contributed by atoms with Crippen LogP contribution < -0.4 is 5.73 Å². The standard InChI is InChI=1S/C9H9NO.C5H13N/c10-9(11)7-6-8-4-2-1-3-5-8;1-4-5-6(2)3/h1-7H,(H2,10,11);4-5H2,1-3H3/b7-6+;. The normalized spacial score (nSPS) is 10.1. The van der Waals surface area contributed by atoms with Crippen LogP contribution in [-0.4, -0.2) is 31.4 Å². The Hall–Kier alpha value is -1.61. The molecule has 0 saturated carbocycles. The summed E-state index contributed by atoms with van der Waals surface area (Å²) in [6, 6.07) is 9.53. The monoisotopic (exact) mass is 234 g/mol. The molecule has 0 aliphatic rings. The van der Waals surface area contributed by atoms with Gasteiger partial charge in [0.25, 0.3) is 0 Å². The second-order valence-electron chi connectivity index (χ2n) is 3.95. The molecular weight excluding hydrogens is 212 g/mol. The maximum atomic E-state index is 10.3. The molecule has 0 bridgehead atoms. The molecule has 1 aromatic rings. The summed E-state index contributed by atoms with van der Waals surface area (Å²) >= 11 is 0. The van der Waals surface area contributed by atoms with Gasteiger partial charge >= 0.3 is 0 Å². The predicted molar refractivity (Wildman–Crippen MR) is 73.5 cm³/mol. The molecule has 2 N–H and O–H groups in total. The van der Waals surface area contributed by atoms with Crippen molar-refractivity contribution in [2.24, 2.45) is 5.73 Å². The molecule has 3 nitrogen and oxygen atoms in total. The fourth-order valence-electron chi connectivity index (χ4n) is 1.19. The van der Waals surface area contributed by atoms with Crippen LogP contribution in [0.25, 0.3) is 6.08 Å². The second-order valence-corrected chi connectivity index (χ2v) is 3.95. The van der Waals surface area contributed by atoms with Gasteiger partial charge in [-0.05, 0) is 38.7 Å². The summed E-state index contributed by atoms with van der Waals surface area (Å²) in [6.45, 7) is 3.39. The van der Waals surface area contributed by atoms with Gasteiger partial charge < -0.3 is 10.6 Å². The van der Waals surface area contributed by atoms with E-state index in [2.05, 4.69) is 25.9 Å². The first-order valence-electron chi connectivity index (χ1n) is 5.73. The summed E-state index contributed by atoms with van der Waals surface area (Å²) in [7, 11) is 4.17. The highest BCUT2D eigenvalue weighted by molar-refractivity contribution is 5.90. The topological polar surface area (TPSA) is 46.3 Å². The SMILES string of the molecule is CCCN(C)C.NC(=O)/C=C/c1ccccc1. The molecule has 0 atom stereocenters. The van der Waals surface area contributed by atoms with Gasteiger partial charge in [-0.3, -0.25) is 4.79 Å². The largest absolute Gasteiger partial charge is 0.366 e. The quantitative estimate of drug-likeness (QED) is 0.811. The van der Waals surface area contributed by atoms with Crippen molar-refractivity contribution in [1.82, 2.24) is 4.90 Å². The predicted octanol–water partition coefficient (Wildman–Crippen LogP) is 2.14. The van der Waals surface area contributed by atoms with E-state index in [1.165, 1.54) is 19.0 Å². The van der Waals surface area contributed by atoms with Crippen LogP contribution in [0.2, 0.25) is 0 Å². The molecule has 0 radical (unpaired) electrons. The number of amides is 1. The first-order chi connectivity index (χ1) is 8.06. The van der Waals surface area contributed by atoms with Crippen molar-refractivity contribution in [2.75, 3.05) is 20.6 Å². The van der Waals surface area contributed by atoms with Crippen molar-refractivity contribution < 1.29 is 4.79 Å². The highest BCUT2D eigenvalue weighted by Gasteiger charge is 1.84. The molecule has 0 aromatic heterocycles. The maximum Gasteiger partial charge on any atom is 0.241 e. The zero-order chi connectivity index (χ0) is 13.1. The molecule has 1 aromatic carbocycles. The van der Waals surface area contributed by atoms with Crippen LogP contribution in [0, 0.1) is 0 Å². The number of rotatable bonds is 4. The number of nitrogens with two attached hydrogens (primary N) is 1. The van der Waals surface area contributed by atoms with Crippen molar-refractivity contribution in [3.8, 4) is 0 Å². The summed E-state index contributed by atoms with van der Waals surface area (Å²) in [5.41, 5.74) is 5.89. The molecule has 0 heterocycles. The molecule has 1 rings (SSSR count). The number of nitrogens with zero attached hydrogens (tertiary/aromatic N) is 1. The van der Waals surface area contributed by atoms with Gasteiger partial charge in [0.2, 0.25) is 5.91 Å². The Bertz CT molecular complexity index is 331. The zero-order valence-corrected chi connectivity index (χ0v) is 10.9. The van der Waals surface area contributed by atoms with Crippen LogP contribution in [-0.2, 0) is 4.79 Å². The molecule has 1 amide bonds. The average molecular weight is 234 g/mol. The van der Waals surface area contributed by atoms with Crippen LogP contribution in [0.4, 0.5) is 0 Å². The number of benzene rings is 1. The molecular formula is C14H22N2O. The Balaban J connectivity index is 0.000000366. The molecule has 0 aliphatic heterocycles. The molecule has 0 fully saturated rings. The lowest BCUT2D eigenvalue weighted by molar-refractivity contribution is -0.113. The van der Waals surface area contributed by atoms with Crippen molar-refractivity contribution >= 4 is 12.0 Å². The Kier molecular flexibility index (Phi) is 8.69. The minimum absolute atomic E-state index is 0.422. The summed E-state index contributed by atoms with van der Waals surface area (Å²) in [5.74, 6) is -0.422. The fraction of sp³-hybridized carbons (Fsp3) is 0.357. The zero-order valence-electron chi connectivity index (χ0n) is 10.9. The molecule has 94 valence electrons. The Morgan fingerprint density at radius 3 is 2.24 bits per heavy atom. The summed E-state index contributed by atoms with van der Waals surface area (Å²) < 4.78 is 0. The smallest absolute Gasteiger partial charge is 0.241 e. The molecule has 0 saturated heterocycles. The minimum Gasteiger partial charge on any atom is -0.366 e. The van der Waals surface area contributed by atoms with E-state index in [1.54, 1.807) is 6.08 Å². The average Bonchev–Trinajstić information content (AvgIpc) is 2.28. The number of hydrogen-bond acceptors (Lipinski definition) is 2. The third-order valence-corrected chi connectivity index (χ3v) is 1.91. The molecule has 17 heavy (non-hydrogen) atoms. The van der Waals surface area contributed by atoms with Gasteiger partial charge in [0, 0.05) is 6.08 Å². The van der Waals surface area contributed by atoms with Crippen molar-refractivity contribution in [2.45, 2.75) is 13.3 Å². The van der Waals surface area contributed by atoms with Crippen molar-refractivity contribution in [3.63, 3.8) is 0 Å². The van der Waals surface area contributed by atoms with Gasteiger partial charge in [0.1, 0.15) is 0 Å². The highest BCUT2D eigenvalue weighted by atomic mass is 16.1. The van der Waals surface area contributed by atoms with E-state index in [-0.39, 0.29) is 0 Å². The van der Waals surface area contributed by atoms with E-state index in [0.29, 0.717) is 0 Å².